The lowest BCUT2D eigenvalue weighted by atomic mass is 10.1. The van der Waals surface area contributed by atoms with E-state index < -0.39 is 0 Å². The fourth-order valence-corrected chi connectivity index (χ4v) is 4.93. The number of esters is 2. The van der Waals surface area contributed by atoms with Gasteiger partial charge in [-0.25, -0.2) is 0 Å². The van der Waals surface area contributed by atoms with Crippen LogP contribution in [0.3, 0.4) is 0 Å². The number of rotatable bonds is 30. The van der Waals surface area contributed by atoms with Crippen LogP contribution in [0.1, 0.15) is 187 Å². The number of allylic oxidation sites excluding steroid dienone is 3. The zero-order chi connectivity index (χ0) is 29.4. The molecule has 0 aliphatic heterocycles. The van der Waals surface area contributed by atoms with E-state index in [9.17, 15) is 14.7 Å². The molecule has 0 saturated carbocycles. The molecule has 1 atom stereocenters. The summed E-state index contributed by atoms with van der Waals surface area (Å²) < 4.78 is 4.98. The van der Waals surface area contributed by atoms with E-state index in [4.69, 9.17) is 4.74 Å². The molecule has 0 saturated heterocycles. The maximum atomic E-state index is 11.9. The van der Waals surface area contributed by atoms with E-state index in [1.54, 1.807) is 0 Å². The standard InChI is InChI=1S/C36H66O4/c1-3-5-7-9-10-11-12-13-14-15-16-17-21-24-28-32-35(38)40-36(39)33-29-25-22-19-18-20-23-27-31-34(37)30-26-8-6-4-2/h13-14,23,27,34,37H,3-12,15-22,24-26,28-33H2,1-2H3/b14-13+,27-23-/t34-/m1/s1. The predicted molar refractivity (Wildman–Crippen MR) is 171 cm³/mol. The lowest BCUT2D eigenvalue weighted by Crippen LogP contribution is -2.11. The first kappa shape index (κ1) is 38.6. The first-order valence-electron chi connectivity index (χ1n) is 17.3. The summed E-state index contributed by atoms with van der Waals surface area (Å²) >= 11 is 0. The number of unbranched alkanes of at least 4 members (excludes halogenated alkanes) is 19. The van der Waals surface area contributed by atoms with Crippen molar-refractivity contribution in [3.05, 3.63) is 24.3 Å². The number of carbonyl (C=O) groups excluding carboxylic acids is 2. The van der Waals surface area contributed by atoms with E-state index in [0.29, 0.717) is 12.8 Å². The van der Waals surface area contributed by atoms with Crippen LogP contribution >= 0.6 is 0 Å². The average molecular weight is 563 g/mol. The Hall–Kier alpha value is -1.42. The third kappa shape index (κ3) is 31.1. The van der Waals surface area contributed by atoms with Gasteiger partial charge in [-0.2, -0.15) is 0 Å². The second kappa shape index (κ2) is 32.1. The molecule has 0 amide bonds. The van der Waals surface area contributed by atoms with Crippen LogP contribution in [0, 0.1) is 0 Å². The monoisotopic (exact) mass is 562 g/mol. The van der Waals surface area contributed by atoms with Gasteiger partial charge in [0.15, 0.2) is 0 Å². The van der Waals surface area contributed by atoms with Gasteiger partial charge in [0.2, 0.25) is 0 Å². The van der Waals surface area contributed by atoms with Crippen LogP contribution in [0.5, 0.6) is 0 Å². The average Bonchev–Trinajstić information content (AvgIpc) is 2.94. The van der Waals surface area contributed by atoms with Gasteiger partial charge in [-0.1, -0.05) is 134 Å². The lowest BCUT2D eigenvalue weighted by molar-refractivity contribution is -0.159. The van der Waals surface area contributed by atoms with Gasteiger partial charge in [0.05, 0.1) is 6.10 Å². The highest BCUT2D eigenvalue weighted by Gasteiger charge is 2.09. The fraction of sp³-hybridized carbons (Fsp3) is 0.833. The van der Waals surface area contributed by atoms with Gasteiger partial charge in [-0.15, -0.1) is 0 Å². The van der Waals surface area contributed by atoms with E-state index >= 15 is 0 Å². The number of aliphatic hydroxyl groups excluding tert-OH is 1. The molecule has 0 unspecified atom stereocenters. The third-order valence-electron chi connectivity index (χ3n) is 7.59. The van der Waals surface area contributed by atoms with Gasteiger partial charge in [-0.3, -0.25) is 9.59 Å². The molecule has 1 N–H and O–H groups in total. The number of hydrogen-bond donors (Lipinski definition) is 1. The van der Waals surface area contributed by atoms with Crippen LogP contribution in [0.4, 0.5) is 0 Å². The largest absolute Gasteiger partial charge is 0.393 e. The molecule has 0 radical (unpaired) electrons. The quantitative estimate of drug-likeness (QED) is 0.0409. The molecule has 0 heterocycles. The Morgan fingerprint density at radius 3 is 1.38 bits per heavy atom. The Morgan fingerprint density at radius 1 is 0.525 bits per heavy atom. The summed E-state index contributed by atoms with van der Waals surface area (Å²) in [4.78, 5) is 23.8. The van der Waals surface area contributed by atoms with E-state index in [-0.39, 0.29) is 18.0 Å². The third-order valence-corrected chi connectivity index (χ3v) is 7.59. The topological polar surface area (TPSA) is 63.6 Å². The van der Waals surface area contributed by atoms with Crippen molar-refractivity contribution in [2.75, 3.05) is 0 Å². The van der Waals surface area contributed by atoms with Crippen LogP contribution in [-0.4, -0.2) is 23.1 Å². The summed E-state index contributed by atoms with van der Waals surface area (Å²) in [6, 6.07) is 0. The zero-order valence-electron chi connectivity index (χ0n) is 26.7. The molecule has 0 fully saturated rings. The first-order chi connectivity index (χ1) is 19.6. The SMILES string of the molecule is CCCCCCCC/C=C/CCCCCCCC(=O)OC(=O)CCCCCCC/C=C\C[C@H](O)CCCCCC. The minimum atomic E-state index is -0.367. The molecule has 0 aromatic rings. The summed E-state index contributed by atoms with van der Waals surface area (Å²) in [6.07, 6.45) is 38.2. The molecule has 0 rings (SSSR count). The van der Waals surface area contributed by atoms with Crippen molar-refractivity contribution in [2.45, 2.75) is 193 Å². The van der Waals surface area contributed by atoms with E-state index in [0.717, 1.165) is 83.5 Å². The van der Waals surface area contributed by atoms with Gasteiger partial charge in [0, 0.05) is 12.8 Å². The molecule has 0 aromatic carbocycles. The summed E-state index contributed by atoms with van der Waals surface area (Å²) in [5, 5.41) is 9.97. The Labute approximate surface area is 248 Å². The Morgan fingerprint density at radius 2 is 0.900 bits per heavy atom. The summed E-state index contributed by atoms with van der Waals surface area (Å²) in [5.74, 6) is -0.727. The highest BCUT2D eigenvalue weighted by Crippen LogP contribution is 2.13. The minimum absolute atomic E-state index is 0.193. The van der Waals surface area contributed by atoms with Gasteiger partial charge in [-0.05, 0) is 64.2 Å². The molecule has 0 aromatic heterocycles. The van der Waals surface area contributed by atoms with Gasteiger partial charge in [0.1, 0.15) is 0 Å². The maximum Gasteiger partial charge on any atom is 0.313 e. The number of aliphatic hydroxyl groups is 1. The van der Waals surface area contributed by atoms with Crippen molar-refractivity contribution in [3.63, 3.8) is 0 Å². The van der Waals surface area contributed by atoms with E-state index in [2.05, 4.69) is 38.2 Å². The molecule has 0 aliphatic rings. The molecular formula is C36H66O4. The Bertz CT molecular complexity index is 610. The summed E-state index contributed by atoms with van der Waals surface area (Å²) in [7, 11) is 0. The van der Waals surface area contributed by atoms with Crippen molar-refractivity contribution in [2.24, 2.45) is 0 Å². The van der Waals surface area contributed by atoms with Crippen LogP contribution in [-0.2, 0) is 14.3 Å². The fourth-order valence-electron chi connectivity index (χ4n) is 4.93. The summed E-state index contributed by atoms with van der Waals surface area (Å²) in [5.41, 5.74) is 0. The molecule has 0 aliphatic carbocycles. The smallest absolute Gasteiger partial charge is 0.313 e. The van der Waals surface area contributed by atoms with Crippen LogP contribution in [0.2, 0.25) is 0 Å². The second-order valence-electron chi connectivity index (χ2n) is 11.7. The van der Waals surface area contributed by atoms with Gasteiger partial charge < -0.3 is 9.84 Å². The molecule has 234 valence electrons. The van der Waals surface area contributed by atoms with Crippen molar-refractivity contribution in [1.29, 1.82) is 0 Å². The van der Waals surface area contributed by atoms with Crippen LogP contribution in [0.25, 0.3) is 0 Å². The molecule has 4 nitrogen and oxygen atoms in total. The highest BCUT2D eigenvalue weighted by molar-refractivity contribution is 5.85. The van der Waals surface area contributed by atoms with Gasteiger partial charge in [0.25, 0.3) is 0 Å². The number of hydrogen-bond acceptors (Lipinski definition) is 4. The van der Waals surface area contributed by atoms with E-state index in [1.807, 2.05) is 0 Å². The number of ether oxygens (including phenoxy) is 1. The minimum Gasteiger partial charge on any atom is -0.393 e. The molecular weight excluding hydrogens is 496 g/mol. The van der Waals surface area contributed by atoms with Crippen molar-refractivity contribution in [1.82, 2.24) is 0 Å². The molecule has 0 bridgehead atoms. The van der Waals surface area contributed by atoms with E-state index in [1.165, 1.54) is 77.0 Å². The zero-order valence-corrected chi connectivity index (χ0v) is 26.7. The molecule has 0 spiro atoms. The normalized spacial score (nSPS) is 12.5. The lowest BCUT2D eigenvalue weighted by Gasteiger charge is -2.07. The first-order valence-corrected chi connectivity index (χ1v) is 17.3. The second-order valence-corrected chi connectivity index (χ2v) is 11.7. The molecule has 40 heavy (non-hydrogen) atoms. The Balaban J connectivity index is 3.43. The van der Waals surface area contributed by atoms with Crippen molar-refractivity contribution in [3.8, 4) is 0 Å². The van der Waals surface area contributed by atoms with Crippen molar-refractivity contribution < 1.29 is 19.4 Å². The maximum absolute atomic E-state index is 11.9. The van der Waals surface area contributed by atoms with Gasteiger partial charge >= 0.3 is 11.9 Å². The molecule has 4 heteroatoms. The highest BCUT2D eigenvalue weighted by atomic mass is 16.6. The number of carbonyl (C=O) groups is 2. The predicted octanol–water partition coefficient (Wildman–Crippen LogP) is 11.1. The summed E-state index contributed by atoms with van der Waals surface area (Å²) in [6.45, 7) is 4.47. The van der Waals surface area contributed by atoms with Crippen LogP contribution in [0.15, 0.2) is 24.3 Å². The van der Waals surface area contributed by atoms with Crippen LogP contribution < -0.4 is 0 Å². The van der Waals surface area contributed by atoms with Crippen molar-refractivity contribution >= 4 is 11.9 Å². The Kier molecular flexibility index (Phi) is 31.0.